The van der Waals surface area contributed by atoms with Gasteiger partial charge in [-0.25, -0.2) is 0 Å². The largest absolute Gasteiger partial charge is 0.508 e. The molecular weight excluding hydrogens is 286 g/mol. The van der Waals surface area contributed by atoms with Crippen molar-refractivity contribution >= 4 is 11.6 Å². The Morgan fingerprint density at radius 1 is 1.19 bits per heavy atom. The summed E-state index contributed by atoms with van der Waals surface area (Å²) in [4.78, 5) is 0. The molecule has 1 fully saturated rings. The minimum atomic E-state index is 0.242. The van der Waals surface area contributed by atoms with Crippen LogP contribution in [0.4, 0.5) is 0 Å². The summed E-state index contributed by atoms with van der Waals surface area (Å²) in [6.07, 6.45) is 2.50. The van der Waals surface area contributed by atoms with Crippen molar-refractivity contribution in [2.24, 2.45) is 0 Å². The molecule has 1 saturated carbocycles. The molecule has 21 heavy (non-hydrogen) atoms. The fraction of sp³-hybridized carbons (Fsp3) is 0.294. The van der Waals surface area contributed by atoms with Crippen LogP contribution in [-0.4, -0.2) is 11.1 Å². The molecule has 1 aliphatic rings. The lowest BCUT2D eigenvalue weighted by atomic mass is 10.2. The summed E-state index contributed by atoms with van der Waals surface area (Å²) >= 11 is 6.26. The monoisotopic (exact) mass is 303 g/mol. The van der Waals surface area contributed by atoms with E-state index in [1.54, 1.807) is 18.2 Å². The summed E-state index contributed by atoms with van der Waals surface area (Å²) in [6.45, 7) is 1.15. The van der Waals surface area contributed by atoms with Crippen LogP contribution in [0.5, 0.6) is 11.5 Å². The van der Waals surface area contributed by atoms with Gasteiger partial charge in [0.1, 0.15) is 18.1 Å². The van der Waals surface area contributed by atoms with Crippen LogP contribution in [-0.2, 0) is 13.2 Å². The average molecular weight is 304 g/mol. The molecule has 0 heterocycles. The molecule has 0 saturated heterocycles. The van der Waals surface area contributed by atoms with Gasteiger partial charge in [0.05, 0.1) is 5.02 Å². The van der Waals surface area contributed by atoms with Crippen LogP contribution in [0.3, 0.4) is 0 Å². The topological polar surface area (TPSA) is 41.5 Å². The standard InChI is InChI=1S/C17H18ClNO2/c18-16-6-2-4-13(10-19-14-7-8-14)17(16)21-11-12-3-1-5-15(20)9-12/h1-6,9,14,19-20H,7-8,10-11H2. The summed E-state index contributed by atoms with van der Waals surface area (Å²) in [5.74, 6) is 0.960. The van der Waals surface area contributed by atoms with Gasteiger partial charge >= 0.3 is 0 Å². The third-order valence-electron chi connectivity index (χ3n) is 3.50. The molecule has 0 amide bonds. The third kappa shape index (κ3) is 3.90. The van der Waals surface area contributed by atoms with Gasteiger partial charge in [-0.2, -0.15) is 0 Å². The second-order valence-corrected chi connectivity index (χ2v) is 5.75. The molecule has 0 spiro atoms. The number of phenolic OH excluding ortho intramolecular Hbond substituents is 1. The molecule has 0 atom stereocenters. The highest BCUT2D eigenvalue weighted by Gasteiger charge is 2.21. The third-order valence-corrected chi connectivity index (χ3v) is 3.80. The number of halogens is 1. The van der Waals surface area contributed by atoms with Gasteiger partial charge in [-0.05, 0) is 36.6 Å². The highest BCUT2D eigenvalue weighted by molar-refractivity contribution is 6.32. The zero-order valence-electron chi connectivity index (χ0n) is 11.7. The van der Waals surface area contributed by atoms with Crippen LogP contribution in [0.25, 0.3) is 0 Å². The predicted molar refractivity (Wildman–Crippen MR) is 83.8 cm³/mol. The van der Waals surface area contributed by atoms with Gasteiger partial charge in [0.15, 0.2) is 0 Å². The van der Waals surface area contributed by atoms with Gasteiger partial charge in [-0.1, -0.05) is 35.9 Å². The van der Waals surface area contributed by atoms with Crippen LogP contribution in [0.2, 0.25) is 5.02 Å². The lowest BCUT2D eigenvalue weighted by Gasteiger charge is -2.14. The molecule has 110 valence electrons. The van der Waals surface area contributed by atoms with Crippen molar-refractivity contribution in [3.63, 3.8) is 0 Å². The van der Waals surface area contributed by atoms with E-state index >= 15 is 0 Å². The Bertz CT molecular complexity index is 626. The molecule has 0 bridgehead atoms. The summed E-state index contributed by atoms with van der Waals surface area (Å²) in [5, 5.41) is 13.6. The number of ether oxygens (including phenoxy) is 1. The molecular formula is C17H18ClNO2. The van der Waals surface area contributed by atoms with Crippen LogP contribution < -0.4 is 10.1 Å². The highest BCUT2D eigenvalue weighted by atomic mass is 35.5. The SMILES string of the molecule is Oc1cccc(COc2c(Cl)cccc2CNC2CC2)c1. The molecule has 0 unspecified atom stereocenters. The lowest BCUT2D eigenvalue weighted by Crippen LogP contribution is -2.16. The van der Waals surface area contributed by atoms with E-state index in [-0.39, 0.29) is 5.75 Å². The number of hydrogen-bond donors (Lipinski definition) is 2. The fourth-order valence-electron chi connectivity index (χ4n) is 2.20. The number of hydrogen-bond acceptors (Lipinski definition) is 3. The maximum absolute atomic E-state index is 9.48. The molecule has 3 rings (SSSR count). The normalized spacial score (nSPS) is 14.1. The first-order valence-electron chi connectivity index (χ1n) is 7.14. The Labute approximate surface area is 129 Å². The second-order valence-electron chi connectivity index (χ2n) is 5.34. The molecule has 4 heteroatoms. The zero-order chi connectivity index (χ0) is 14.7. The zero-order valence-corrected chi connectivity index (χ0v) is 12.4. The molecule has 2 aromatic rings. The van der Waals surface area contributed by atoms with Crippen molar-refractivity contribution in [2.45, 2.75) is 32.0 Å². The number of rotatable bonds is 6. The maximum Gasteiger partial charge on any atom is 0.142 e. The molecule has 3 nitrogen and oxygen atoms in total. The second kappa shape index (κ2) is 6.37. The first kappa shape index (κ1) is 14.2. The Morgan fingerprint density at radius 3 is 2.76 bits per heavy atom. The smallest absolute Gasteiger partial charge is 0.142 e. The summed E-state index contributed by atoms with van der Waals surface area (Å²) in [6, 6.07) is 13.5. The highest BCUT2D eigenvalue weighted by Crippen LogP contribution is 2.30. The van der Waals surface area contributed by atoms with E-state index in [0.29, 0.717) is 17.7 Å². The minimum absolute atomic E-state index is 0.242. The number of nitrogens with one attached hydrogen (secondary N) is 1. The lowest BCUT2D eigenvalue weighted by molar-refractivity contribution is 0.301. The summed E-state index contributed by atoms with van der Waals surface area (Å²) in [7, 11) is 0. The van der Waals surface area contributed by atoms with E-state index in [0.717, 1.165) is 23.4 Å². The van der Waals surface area contributed by atoms with Gasteiger partial charge in [0.25, 0.3) is 0 Å². The van der Waals surface area contributed by atoms with Crippen LogP contribution >= 0.6 is 11.6 Å². The molecule has 0 radical (unpaired) electrons. The Kier molecular flexibility index (Phi) is 4.32. The van der Waals surface area contributed by atoms with Crippen molar-refractivity contribution in [1.82, 2.24) is 5.32 Å². The first-order valence-corrected chi connectivity index (χ1v) is 7.51. The van der Waals surface area contributed by atoms with Gasteiger partial charge in [-0.3, -0.25) is 0 Å². The van der Waals surface area contributed by atoms with Crippen molar-refractivity contribution in [3.05, 3.63) is 58.6 Å². The fourth-order valence-corrected chi connectivity index (χ4v) is 2.45. The van der Waals surface area contributed by atoms with Crippen LogP contribution in [0.15, 0.2) is 42.5 Å². The number of aromatic hydroxyl groups is 1. The Hall–Kier alpha value is -1.71. The van der Waals surface area contributed by atoms with Crippen LogP contribution in [0, 0.1) is 0 Å². The van der Waals surface area contributed by atoms with E-state index in [4.69, 9.17) is 16.3 Å². The quantitative estimate of drug-likeness (QED) is 0.851. The Morgan fingerprint density at radius 2 is 2.00 bits per heavy atom. The van der Waals surface area contributed by atoms with Crippen molar-refractivity contribution in [1.29, 1.82) is 0 Å². The Balaban J connectivity index is 1.70. The van der Waals surface area contributed by atoms with Crippen molar-refractivity contribution in [3.8, 4) is 11.5 Å². The molecule has 1 aliphatic carbocycles. The van der Waals surface area contributed by atoms with E-state index in [1.165, 1.54) is 12.8 Å². The number of para-hydroxylation sites is 1. The first-order chi connectivity index (χ1) is 10.2. The van der Waals surface area contributed by atoms with E-state index in [9.17, 15) is 5.11 Å². The summed E-state index contributed by atoms with van der Waals surface area (Å²) < 4.78 is 5.88. The molecule has 0 aromatic heterocycles. The van der Waals surface area contributed by atoms with Crippen LogP contribution in [0.1, 0.15) is 24.0 Å². The molecule has 0 aliphatic heterocycles. The van der Waals surface area contributed by atoms with E-state index < -0.39 is 0 Å². The molecule has 2 N–H and O–H groups in total. The van der Waals surface area contributed by atoms with E-state index in [1.807, 2.05) is 24.3 Å². The number of phenols is 1. The van der Waals surface area contributed by atoms with Gasteiger partial charge in [0, 0.05) is 18.2 Å². The van der Waals surface area contributed by atoms with Gasteiger partial charge < -0.3 is 15.2 Å². The maximum atomic E-state index is 9.48. The van der Waals surface area contributed by atoms with E-state index in [2.05, 4.69) is 5.32 Å². The summed E-state index contributed by atoms with van der Waals surface area (Å²) in [5.41, 5.74) is 1.98. The molecule has 2 aromatic carbocycles. The van der Waals surface area contributed by atoms with Crippen molar-refractivity contribution < 1.29 is 9.84 Å². The van der Waals surface area contributed by atoms with Crippen molar-refractivity contribution in [2.75, 3.05) is 0 Å². The van der Waals surface area contributed by atoms with Gasteiger partial charge in [-0.15, -0.1) is 0 Å². The van der Waals surface area contributed by atoms with Gasteiger partial charge in [0.2, 0.25) is 0 Å². The average Bonchev–Trinajstić information content (AvgIpc) is 3.28. The minimum Gasteiger partial charge on any atom is -0.508 e. The predicted octanol–water partition coefficient (Wildman–Crippen LogP) is 3.88. The number of benzene rings is 2.